The fraction of sp³-hybridized carbons (Fsp3) is 0.613. The molecule has 0 saturated carbocycles. The lowest BCUT2D eigenvalue weighted by Gasteiger charge is -2.25. The van der Waals surface area contributed by atoms with Gasteiger partial charge in [0.1, 0.15) is 32.3 Å². The Morgan fingerprint density at radius 1 is 0.342 bits per heavy atom. The van der Waals surface area contributed by atoms with E-state index in [0.29, 0.717) is 0 Å². The van der Waals surface area contributed by atoms with E-state index in [1.807, 2.05) is 0 Å². The first-order chi connectivity index (χ1) is 16.9. The van der Waals surface area contributed by atoms with Crippen LogP contribution in [0, 0.1) is 66.5 Å². The van der Waals surface area contributed by atoms with Crippen molar-refractivity contribution in [2.24, 2.45) is 0 Å². The molecular weight excluding hydrogens is 569 g/mol. The van der Waals surface area contributed by atoms with Gasteiger partial charge in [0, 0.05) is 0 Å². The van der Waals surface area contributed by atoms with Crippen LogP contribution in [0.4, 0.5) is 0 Å². The summed E-state index contributed by atoms with van der Waals surface area (Å²) in [6.45, 7) is 32.3. The second-order valence-electron chi connectivity index (χ2n) is 15.4. The Labute approximate surface area is 244 Å². The van der Waals surface area contributed by atoms with Crippen LogP contribution < -0.4 is 0 Å². The molecule has 204 valence electrons. The van der Waals surface area contributed by atoms with Crippen LogP contribution in [0.2, 0.25) is 104 Å². The van der Waals surface area contributed by atoms with Crippen molar-refractivity contribution in [1.82, 2.24) is 0 Å². The molecule has 0 aliphatic carbocycles. The standard InChI is InChI=1S/C31H52Si7/c1-32(2,3)20-24-36(13,25-21-33(4,5)6)28-30-38(18-16-15-17-19-38)31-29-37(14,26-22-34(7,8)9)27-23-35(10,11)12/h15-19H2,1-14H3. The molecule has 0 nitrogen and oxygen atoms in total. The minimum absolute atomic E-state index is 1.17. The summed E-state index contributed by atoms with van der Waals surface area (Å²) in [4.78, 5) is 0. The quantitative estimate of drug-likeness (QED) is 0.193. The minimum atomic E-state index is -2.34. The molecule has 0 bridgehead atoms. The van der Waals surface area contributed by atoms with E-state index in [0.717, 1.165) is 0 Å². The lowest BCUT2D eigenvalue weighted by molar-refractivity contribution is 0.722. The molecule has 7 heteroatoms. The first kappa shape index (κ1) is 34.9. The summed E-state index contributed by atoms with van der Waals surface area (Å²) in [5.74, 6) is 0. The molecule has 1 fully saturated rings. The molecule has 38 heavy (non-hydrogen) atoms. The van der Waals surface area contributed by atoms with E-state index in [2.05, 4.69) is 158 Å². The molecule has 1 rings (SSSR count). The van der Waals surface area contributed by atoms with E-state index >= 15 is 0 Å². The molecule has 0 aromatic heterocycles. The largest absolute Gasteiger partial charge is 0.285 e. The Bertz CT molecular complexity index is 1080. The second kappa shape index (κ2) is 13.0. The third-order valence-corrected chi connectivity index (χ3v) is 17.9. The molecule has 1 heterocycles. The molecule has 0 amide bonds. The van der Waals surface area contributed by atoms with Gasteiger partial charge in [0.15, 0.2) is 0 Å². The normalized spacial score (nSPS) is 15.6. The van der Waals surface area contributed by atoms with E-state index < -0.39 is 56.5 Å². The molecule has 0 aromatic rings. The molecular formula is C31H52Si7. The zero-order valence-electron chi connectivity index (χ0n) is 27.0. The van der Waals surface area contributed by atoms with Gasteiger partial charge in [-0.15, -0.1) is 66.5 Å². The average Bonchev–Trinajstić information content (AvgIpc) is 2.76. The highest BCUT2D eigenvalue weighted by Gasteiger charge is 2.34. The highest BCUT2D eigenvalue weighted by molar-refractivity contribution is 7.06. The zero-order valence-corrected chi connectivity index (χ0v) is 34.0. The van der Waals surface area contributed by atoms with Crippen LogP contribution in [0.25, 0.3) is 0 Å². The predicted octanol–water partition coefficient (Wildman–Crippen LogP) is 7.62. The van der Waals surface area contributed by atoms with E-state index in [-0.39, 0.29) is 0 Å². The van der Waals surface area contributed by atoms with Gasteiger partial charge >= 0.3 is 0 Å². The minimum Gasteiger partial charge on any atom is -0.137 e. The third-order valence-electron chi connectivity index (χ3n) is 5.56. The lowest BCUT2D eigenvalue weighted by Crippen LogP contribution is -2.38. The zero-order chi connectivity index (χ0) is 29.5. The molecule has 1 aliphatic heterocycles. The van der Waals surface area contributed by atoms with E-state index in [1.165, 1.54) is 31.4 Å². The van der Waals surface area contributed by atoms with Crippen LogP contribution in [-0.4, -0.2) is 56.5 Å². The van der Waals surface area contributed by atoms with Crippen molar-refractivity contribution in [3.63, 3.8) is 0 Å². The summed E-state index contributed by atoms with van der Waals surface area (Å²) in [6.07, 6.45) is 3.79. The summed E-state index contributed by atoms with van der Waals surface area (Å²) in [6, 6.07) is 2.35. The third kappa shape index (κ3) is 15.5. The summed E-state index contributed by atoms with van der Waals surface area (Å²) in [7, 11) is -12.8. The van der Waals surface area contributed by atoms with Gasteiger partial charge in [0.25, 0.3) is 16.1 Å². The molecule has 0 N–H and O–H groups in total. The van der Waals surface area contributed by atoms with Crippen molar-refractivity contribution in [2.45, 2.75) is 123 Å². The predicted molar refractivity (Wildman–Crippen MR) is 192 cm³/mol. The van der Waals surface area contributed by atoms with Crippen molar-refractivity contribution in [2.75, 3.05) is 0 Å². The van der Waals surface area contributed by atoms with Gasteiger partial charge in [-0.2, -0.15) is 0 Å². The Morgan fingerprint density at radius 2 is 0.605 bits per heavy atom. The molecule has 1 aliphatic rings. The van der Waals surface area contributed by atoms with Crippen LogP contribution in [0.1, 0.15) is 19.3 Å². The van der Waals surface area contributed by atoms with Gasteiger partial charge in [-0.25, -0.2) is 0 Å². The molecule has 0 atom stereocenters. The smallest absolute Gasteiger partial charge is 0.137 e. The van der Waals surface area contributed by atoms with Crippen molar-refractivity contribution in [1.29, 1.82) is 0 Å². The lowest BCUT2D eigenvalue weighted by atomic mass is 10.3. The maximum atomic E-state index is 3.91. The fourth-order valence-electron chi connectivity index (χ4n) is 3.36. The molecule has 1 saturated heterocycles. The topological polar surface area (TPSA) is 0 Å². The fourth-order valence-corrected chi connectivity index (χ4v) is 20.2. The molecule has 0 unspecified atom stereocenters. The summed E-state index contributed by atoms with van der Waals surface area (Å²) < 4.78 is 0. The van der Waals surface area contributed by atoms with Gasteiger partial charge in [-0.05, 0) is 25.2 Å². The van der Waals surface area contributed by atoms with Crippen LogP contribution in [0.5, 0.6) is 0 Å². The summed E-state index contributed by atoms with van der Waals surface area (Å²) >= 11 is 0. The van der Waals surface area contributed by atoms with Crippen molar-refractivity contribution < 1.29 is 0 Å². The van der Waals surface area contributed by atoms with Gasteiger partial charge in [0.2, 0.25) is 8.07 Å². The van der Waals surface area contributed by atoms with Gasteiger partial charge in [0.05, 0.1) is 0 Å². The first-order valence-electron chi connectivity index (χ1n) is 14.2. The maximum absolute atomic E-state index is 3.91. The second-order valence-corrected chi connectivity index (χ2v) is 44.1. The Kier molecular flexibility index (Phi) is 12.0. The maximum Gasteiger partial charge on any atom is 0.285 e. The highest BCUT2D eigenvalue weighted by Crippen LogP contribution is 2.28. The van der Waals surface area contributed by atoms with Crippen LogP contribution in [0.3, 0.4) is 0 Å². The SMILES string of the molecule is C[Si](C)(C)C#C[Si](C)(C#C[Si](C)(C)C)C#C[Si]1(C#C[Si](C)(C#C[Si](C)(C)C)C#C[Si](C)(C)C)CCCCC1. The molecule has 0 radical (unpaired) electrons. The number of rotatable bonds is 0. The van der Waals surface area contributed by atoms with Gasteiger partial charge in [-0.1, -0.05) is 97.8 Å². The summed E-state index contributed by atoms with van der Waals surface area (Å²) in [5.41, 5.74) is 44.7. The Morgan fingerprint density at radius 3 is 0.842 bits per heavy atom. The van der Waals surface area contributed by atoms with Crippen molar-refractivity contribution in [3.8, 4) is 66.5 Å². The van der Waals surface area contributed by atoms with Crippen LogP contribution in [0.15, 0.2) is 0 Å². The van der Waals surface area contributed by atoms with E-state index in [9.17, 15) is 0 Å². The van der Waals surface area contributed by atoms with Crippen molar-refractivity contribution >= 4 is 56.5 Å². The summed E-state index contributed by atoms with van der Waals surface area (Å²) in [5, 5.41) is 0. The Balaban J connectivity index is 3.77. The molecule has 0 spiro atoms. The molecule has 0 aromatic carbocycles. The van der Waals surface area contributed by atoms with Crippen molar-refractivity contribution in [3.05, 3.63) is 0 Å². The average molecular weight is 621 g/mol. The number of hydrogen-bond acceptors (Lipinski definition) is 0. The number of hydrogen-bond donors (Lipinski definition) is 0. The van der Waals surface area contributed by atoms with E-state index in [1.54, 1.807) is 0 Å². The Hall–Kier alpha value is -1.12. The monoisotopic (exact) mass is 620 g/mol. The van der Waals surface area contributed by atoms with Crippen LogP contribution in [-0.2, 0) is 0 Å². The van der Waals surface area contributed by atoms with Gasteiger partial charge in [-0.3, -0.25) is 0 Å². The highest BCUT2D eigenvalue weighted by atomic mass is 28.3. The van der Waals surface area contributed by atoms with Gasteiger partial charge < -0.3 is 0 Å². The van der Waals surface area contributed by atoms with E-state index in [4.69, 9.17) is 0 Å². The van der Waals surface area contributed by atoms with Crippen LogP contribution >= 0.6 is 0 Å². The first-order valence-corrected chi connectivity index (χ1v) is 35.6.